The molecule has 298 valence electrons. The molecule has 0 aliphatic rings. The average Bonchev–Trinajstić information content (AvgIpc) is 3.74. The molecule has 0 radical (unpaired) electrons. The van der Waals surface area contributed by atoms with E-state index in [0.717, 1.165) is 21.9 Å². The van der Waals surface area contributed by atoms with Crippen LogP contribution in [0.25, 0.3) is 152 Å². The van der Waals surface area contributed by atoms with E-state index in [-0.39, 0.29) is 0 Å². The van der Waals surface area contributed by atoms with Gasteiger partial charge in [0.2, 0.25) is 0 Å². The summed E-state index contributed by atoms with van der Waals surface area (Å²) in [6, 6.07) is 81.3. The first-order chi connectivity index (χ1) is 32.2. The Kier molecular flexibility index (Phi) is 7.01. The molecule has 0 fully saturated rings. The van der Waals surface area contributed by atoms with Crippen molar-refractivity contribution in [2.75, 3.05) is 0 Å². The molecule has 0 amide bonds. The van der Waals surface area contributed by atoms with Crippen LogP contribution in [0.1, 0.15) is 0 Å². The lowest BCUT2D eigenvalue weighted by Gasteiger charge is -2.15. The van der Waals surface area contributed by atoms with Crippen LogP contribution < -0.4 is 0 Å². The number of furan rings is 1. The van der Waals surface area contributed by atoms with Gasteiger partial charge in [0.25, 0.3) is 0 Å². The van der Waals surface area contributed by atoms with Gasteiger partial charge in [-0.2, -0.15) is 0 Å². The van der Waals surface area contributed by atoms with Gasteiger partial charge in [0, 0.05) is 10.8 Å². The van der Waals surface area contributed by atoms with E-state index in [4.69, 9.17) is 4.42 Å². The van der Waals surface area contributed by atoms with Gasteiger partial charge in [-0.25, -0.2) is 0 Å². The van der Waals surface area contributed by atoms with Crippen LogP contribution in [0.5, 0.6) is 0 Å². The Labute approximate surface area is 373 Å². The number of fused-ring (bicyclic) bond motifs is 21. The molecule has 1 heterocycles. The summed E-state index contributed by atoms with van der Waals surface area (Å²) in [5.74, 6) is 0. The molecule has 1 aromatic heterocycles. The first-order valence-corrected chi connectivity index (χ1v) is 22.6. The van der Waals surface area contributed by atoms with Gasteiger partial charge in [0.15, 0.2) is 0 Å². The topological polar surface area (TPSA) is 13.1 Å². The highest BCUT2D eigenvalue weighted by Gasteiger charge is 2.18. The Morgan fingerprint density at radius 1 is 0.185 bits per heavy atom. The van der Waals surface area contributed by atoms with Gasteiger partial charge in [0.05, 0.1) is 0 Å². The summed E-state index contributed by atoms with van der Waals surface area (Å²) < 4.78 is 6.61. The fraction of sp³-hybridized carbons (Fsp3) is 0. The minimum atomic E-state index is 0.893. The number of hydrogen-bond donors (Lipinski definition) is 0. The number of rotatable bonds is 2. The lowest BCUT2D eigenvalue weighted by atomic mass is 9.88. The van der Waals surface area contributed by atoms with Gasteiger partial charge in [0.1, 0.15) is 11.2 Å². The molecular weight excluding hydrogens is 785 g/mol. The Balaban J connectivity index is 0.935. The monoisotopic (exact) mass is 820 g/mol. The fourth-order valence-electron chi connectivity index (χ4n) is 11.6. The fourth-order valence-corrected chi connectivity index (χ4v) is 11.6. The smallest absolute Gasteiger partial charge is 0.135 e. The van der Waals surface area contributed by atoms with Crippen molar-refractivity contribution >= 4 is 130 Å². The van der Waals surface area contributed by atoms with E-state index >= 15 is 0 Å². The van der Waals surface area contributed by atoms with Crippen LogP contribution in [0.4, 0.5) is 0 Å². The molecule has 0 spiro atoms. The van der Waals surface area contributed by atoms with Crippen LogP contribution in [0.3, 0.4) is 0 Å². The molecule has 0 bridgehead atoms. The van der Waals surface area contributed by atoms with Gasteiger partial charge < -0.3 is 4.42 Å². The molecule has 65 heavy (non-hydrogen) atoms. The second-order valence-corrected chi connectivity index (χ2v) is 17.9. The Hall–Kier alpha value is -8.52. The molecule has 14 aromatic carbocycles. The zero-order valence-electron chi connectivity index (χ0n) is 35.2. The molecule has 0 saturated heterocycles. The van der Waals surface area contributed by atoms with Crippen molar-refractivity contribution in [3.63, 3.8) is 0 Å². The molecule has 0 aliphatic carbocycles. The Morgan fingerprint density at radius 2 is 0.477 bits per heavy atom. The van der Waals surface area contributed by atoms with E-state index in [1.165, 1.54) is 130 Å². The maximum Gasteiger partial charge on any atom is 0.135 e. The second-order valence-electron chi connectivity index (χ2n) is 17.9. The predicted molar refractivity (Wildman–Crippen MR) is 280 cm³/mol. The lowest BCUT2D eigenvalue weighted by Crippen LogP contribution is -1.88. The highest BCUT2D eigenvalue weighted by atomic mass is 16.3. The summed E-state index contributed by atoms with van der Waals surface area (Å²) in [6.45, 7) is 0. The van der Waals surface area contributed by atoms with Crippen molar-refractivity contribution in [1.29, 1.82) is 0 Å². The first-order valence-electron chi connectivity index (χ1n) is 22.6. The highest BCUT2D eigenvalue weighted by molar-refractivity contribution is 6.29. The third-order valence-electron chi connectivity index (χ3n) is 14.6. The molecule has 0 saturated carbocycles. The summed E-state index contributed by atoms with van der Waals surface area (Å²) in [5, 5.41) is 27.7. The van der Waals surface area contributed by atoms with Crippen molar-refractivity contribution in [3.8, 4) is 22.3 Å². The zero-order valence-corrected chi connectivity index (χ0v) is 35.2. The van der Waals surface area contributed by atoms with E-state index in [1.54, 1.807) is 0 Å². The third-order valence-corrected chi connectivity index (χ3v) is 14.6. The molecule has 0 unspecified atom stereocenters. The van der Waals surface area contributed by atoms with E-state index in [9.17, 15) is 0 Å². The number of hydrogen-bond acceptors (Lipinski definition) is 1. The summed E-state index contributed by atoms with van der Waals surface area (Å²) in [5.41, 5.74) is 6.58. The number of benzene rings is 14. The van der Waals surface area contributed by atoms with Gasteiger partial charge in [-0.3, -0.25) is 0 Å². The van der Waals surface area contributed by atoms with E-state index in [0.29, 0.717) is 0 Å². The molecule has 15 rings (SSSR count). The van der Waals surface area contributed by atoms with E-state index in [2.05, 4.69) is 218 Å². The van der Waals surface area contributed by atoms with Crippen molar-refractivity contribution in [2.24, 2.45) is 0 Å². The van der Waals surface area contributed by atoms with Crippen LogP contribution in [0.2, 0.25) is 0 Å². The molecule has 0 aliphatic heterocycles. The van der Waals surface area contributed by atoms with E-state index in [1.807, 2.05) is 0 Å². The lowest BCUT2D eigenvalue weighted by molar-refractivity contribution is 0.669. The van der Waals surface area contributed by atoms with Gasteiger partial charge in [-0.1, -0.05) is 182 Å². The maximum absolute atomic E-state index is 6.61. The van der Waals surface area contributed by atoms with E-state index < -0.39 is 0 Å². The summed E-state index contributed by atoms with van der Waals surface area (Å²) in [7, 11) is 0. The second kappa shape index (κ2) is 13.0. The predicted octanol–water partition coefficient (Wildman–Crippen LogP) is 18.5. The SMILES string of the molecule is c1ccc2c(c1)ccc1c2ccc2c3cc(-c4ccc5oc6ccc(-c7cc8c(ccc9c%10ccc%11ccccc%11c%10ccc89)c8ccccc78)cc6c5c4)c4ccccc4c3ccc12. The normalized spacial score (nSPS) is 12.3. The summed E-state index contributed by atoms with van der Waals surface area (Å²) in [6.07, 6.45) is 0. The van der Waals surface area contributed by atoms with Crippen LogP contribution >= 0.6 is 0 Å². The largest absolute Gasteiger partial charge is 0.456 e. The quantitative estimate of drug-likeness (QED) is 0.158. The molecule has 0 atom stereocenters. The average molecular weight is 821 g/mol. The van der Waals surface area contributed by atoms with Crippen molar-refractivity contribution < 1.29 is 4.42 Å². The first kappa shape index (κ1) is 35.0. The molecular formula is C64H36O. The van der Waals surface area contributed by atoms with Gasteiger partial charge in [-0.05, 0) is 166 Å². The molecule has 1 heteroatoms. The van der Waals surface area contributed by atoms with Crippen LogP contribution in [-0.4, -0.2) is 0 Å². The molecule has 1 nitrogen and oxygen atoms in total. The zero-order chi connectivity index (χ0) is 42.3. The van der Waals surface area contributed by atoms with Crippen molar-refractivity contribution in [2.45, 2.75) is 0 Å². The third kappa shape index (κ3) is 4.93. The minimum absolute atomic E-state index is 0.893. The summed E-state index contributed by atoms with van der Waals surface area (Å²) >= 11 is 0. The van der Waals surface area contributed by atoms with Gasteiger partial charge >= 0.3 is 0 Å². The minimum Gasteiger partial charge on any atom is -0.456 e. The van der Waals surface area contributed by atoms with Crippen molar-refractivity contribution in [1.82, 2.24) is 0 Å². The van der Waals surface area contributed by atoms with Crippen LogP contribution in [0, 0.1) is 0 Å². The highest BCUT2D eigenvalue weighted by Crippen LogP contribution is 2.45. The summed E-state index contributed by atoms with van der Waals surface area (Å²) in [4.78, 5) is 0. The Morgan fingerprint density at radius 3 is 0.877 bits per heavy atom. The Bertz CT molecular complexity index is 4290. The molecule has 15 aromatic rings. The van der Waals surface area contributed by atoms with Crippen molar-refractivity contribution in [3.05, 3.63) is 218 Å². The van der Waals surface area contributed by atoms with Crippen LogP contribution in [0.15, 0.2) is 223 Å². The van der Waals surface area contributed by atoms with Crippen LogP contribution in [-0.2, 0) is 0 Å². The van der Waals surface area contributed by atoms with Gasteiger partial charge in [-0.15, -0.1) is 0 Å². The maximum atomic E-state index is 6.61. The molecule has 0 N–H and O–H groups in total. The standard InChI is InChI=1S/C64H36O/c1-3-11-41-37(9-1)17-21-49-47(41)23-27-55-51(49)25-29-53-43-13-5-7-15-45(43)57(35-59(53)55)39-19-31-63-61(33-39)62-34-40(20-32-64(62)65-63)58-36-60-54(44-14-6-8-16-46(44)58)30-26-52-50-22-18-38-10-2-4-12-42(38)48(50)24-28-56(52)60/h1-36H.